The molecule has 1 aromatic heterocycles. The summed E-state index contributed by atoms with van der Waals surface area (Å²) in [5.74, 6) is 0. The van der Waals surface area contributed by atoms with E-state index in [0.29, 0.717) is 0 Å². The van der Waals surface area contributed by atoms with Crippen molar-refractivity contribution in [3.05, 3.63) is 29.6 Å². The third-order valence-corrected chi connectivity index (χ3v) is 3.08. The van der Waals surface area contributed by atoms with Gasteiger partial charge in [-0.05, 0) is 51.9 Å². The summed E-state index contributed by atoms with van der Waals surface area (Å²) in [6.45, 7) is 15.0. The topological polar surface area (TPSA) is 28.2 Å². The zero-order valence-electron chi connectivity index (χ0n) is 13.2. The van der Waals surface area contributed by atoms with E-state index in [0.717, 1.165) is 31.9 Å². The van der Waals surface area contributed by atoms with Gasteiger partial charge >= 0.3 is 0 Å². The van der Waals surface area contributed by atoms with Crippen LogP contribution >= 0.6 is 0 Å². The molecule has 0 amide bonds. The standard InChI is InChI=1S/C16H29N3/c1-6-10-19(7-2)13-15-9-8-14(11-17-15)12-18-16(3,4)5/h8-9,11,18H,6-7,10,12-13H2,1-5H3. The quantitative estimate of drug-likeness (QED) is 0.819. The van der Waals surface area contributed by atoms with Crippen LogP contribution in [0.4, 0.5) is 0 Å². The first-order chi connectivity index (χ1) is 8.94. The number of hydrogen-bond donors (Lipinski definition) is 1. The van der Waals surface area contributed by atoms with Crippen LogP contribution in [-0.4, -0.2) is 28.5 Å². The number of nitrogens with one attached hydrogen (secondary N) is 1. The molecule has 0 bridgehead atoms. The van der Waals surface area contributed by atoms with Crippen LogP contribution in [0.1, 0.15) is 52.3 Å². The molecule has 3 nitrogen and oxygen atoms in total. The van der Waals surface area contributed by atoms with E-state index in [1.54, 1.807) is 0 Å². The predicted molar refractivity (Wildman–Crippen MR) is 82.1 cm³/mol. The molecule has 0 aliphatic rings. The predicted octanol–water partition coefficient (Wildman–Crippen LogP) is 3.20. The minimum absolute atomic E-state index is 0.152. The van der Waals surface area contributed by atoms with Crippen LogP contribution in [-0.2, 0) is 13.1 Å². The second-order valence-electron chi connectivity index (χ2n) is 6.13. The van der Waals surface area contributed by atoms with Gasteiger partial charge in [0.2, 0.25) is 0 Å². The first kappa shape index (κ1) is 16.1. The molecule has 0 aromatic carbocycles. The highest BCUT2D eigenvalue weighted by Crippen LogP contribution is 2.06. The van der Waals surface area contributed by atoms with E-state index in [1.807, 2.05) is 6.20 Å². The van der Waals surface area contributed by atoms with Crippen molar-refractivity contribution in [2.75, 3.05) is 13.1 Å². The molecule has 1 aromatic rings. The summed E-state index contributed by atoms with van der Waals surface area (Å²) >= 11 is 0. The Labute approximate surface area is 118 Å². The fourth-order valence-electron chi connectivity index (χ4n) is 1.91. The fraction of sp³-hybridized carbons (Fsp3) is 0.688. The largest absolute Gasteiger partial charge is 0.308 e. The van der Waals surface area contributed by atoms with Crippen molar-refractivity contribution < 1.29 is 0 Å². The Morgan fingerprint density at radius 3 is 2.42 bits per heavy atom. The van der Waals surface area contributed by atoms with Crippen LogP contribution in [0.25, 0.3) is 0 Å². The summed E-state index contributed by atoms with van der Waals surface area (Å²) < 4.78 is 0. The maximum Gasteiger partial charge on any atom is 0.0544 e. The normalized spacial score (nSPS) is 12.1. The second kappa shape index (κ2) is 7.61. The molecule has 0 spiro atoms. The lowest BCUT2D eigenvalue weighted by molar-refractivity contribution is 0.277. The van der Waals surface area contributed by atoms with Crippen molar-refractivity contribution in [2.24, 2.45) is 0 Å². The third-order valence-electron chi connectivity index (χ3n) is 3.08. The number of pyridine rings is 1. The van der Waals surface area contributed by atoms with Gasteiger partial charge in [-0.3, -0.25) is 9.88 Å². The zero-order valence-corrected chi connectivity index (χ0v) is 13.2. The summed E-state index contributed by atoms with van der Waals surface area (Å²) in [5, 5.41) is 3.48. The summed E-state index contributed by atoms with van der Waals surface area (Å²) in [6.07, 6.45) is 3.19. The average Bonchev–Trinajstić information content (AvgIpc) is 2.36. The molecule has 0 fully saturated rings. The minimum atomic E-state index is 0.152. The average molecular weight is 263 g/mol. The van der Waals surface area contributed by atoms with Gasteiger partial charge in [0.15, 0.2) is 0 Å². The number of nitrogens with zero attached hydrogens (tertiary/aromatic N) is 2. The lowest BCUT2D eigenvalue weighted by atomic mass is 10.1. The Bertz CT molecular complexity index is 351. The van der Waals surface area contributed by atoms with Crippen LogP contribution in [0, 0.1) is 0 Å². The van der Waals surface area contributed by atoms with E-state index >= 15 is 0 Å². The monoisotopic (exact) mass is 263 g/mol. The summed E-state index contributed by atoms with van der Waals surface area (Å²) in [4.78, 5) is 6.99. The lowest BCUT2D eigenvalue weighted by Gasteiger charge is -2.21. The van der Waals surface area contributed by atoms with Gasteiger partial charge < -0.3 is 5.32 Å². The fourth-order valence-corrected chi connectivity index (χ4v) is 1.91. The molecule has 1 N–H and O–H groups in total. The van der Waals surface area contributed by atoms with Crippen LogP contribution in [0.3, 0.4) is 0 Å². The van der Waals surface area contributed by atoms with E-state index in [-0.39, 0.29) is 5.54 Å². The second-order valence-corrected chi connectivity index (χ2v) is 6.13. The Morgan fingerprint density at radius 1 is 1.21 bits per heavy atom. The highest BCUT2D eigenvalue weighted by Gasteiger charge is 2.08. The van der Waals surface area contributed by atoms with Crippen molar-refractivity contribution in [3.63, 3.8) is 0 Å². The maximum absolute atomic E-state index is 4.57. The van der Waals surface area contributed by atoms with Crippen molar-refractivity contribution in [1.82, 2.24) is 15.2 Å². The molecule has 0 atom stereocenters. The molecule has 0 aliphatic carbocycles. The molecule has 1 heterocycles. The first-order valence-corrected chi connectivity index (χ1v) is 7.35. The molecule has 0 saturated carbocycles. The highest BCUT2D eigenvalue weighted by molar-refractivity contribution is 5.14. The zero-order chi connectivity index (χ0) is 14.3. The van der Waals surface area contributed by atoms with Crippen LogP contribution in [0.5, 0.6) is 0 Å². The molecule has 108 valence electrons. The SMILES string of the molecule is CCCN(CC)Cc1ccc(CNC(C)(C)C)cn1. The Kier molecular flexibility index (Phi) is 6.46. The van der Waals surface area contributed by atoms with E-state index in [1.165, 1.54) is 12.0 Å². The third kappa shape index (κ3) is 6.69. The maximum atomic E-state index is 4.57. The highest BCUT2D eigenvalue weighted by atomic mass is 15.1. The van der Waals surface area contributed by atoms with Crippen LogP contribution < -0.4 is 5.32 Å². The van der Waals surface area contributed by atoms with Gasteiger partial charge in [-0.1, -0.05) is 19.9 Å². The summed E-state index contributed by atoms with van der Waals surface area (Å²) in [6, 6.07) is 4.33. The Morgan fingerprint density at radius 2 is 1.95 bits per heavy atom. The number of hydrogen-bond acceptors (Lipinski definition) is 3. The molecular formula is C16H29N3. The summed E-state index contributed by atoms with van der Waals surface area (Å²) in [7, 11) is 0. The van der Waals surface area contributed by atoms with Crippen molar-refractivity contribution in [3.8, 4) is 0 Å². The van der Waals surface area contributed by atoms with E-state index in [4.69, 9.17) is 0 Å². The van der Waals surface area contributed by atoms with Gasteiger partial charge in [0, 0.05) is 24.8 Å². The molecule has 19 heavy (non-hydrogen) atoms. The molecular weight excluding hydrogens is 234 g/mol. The van der Waals surface area contributed by atoms with Gasteiger partial charge in [-0.2, -0.15) is 0 Å². The Hall–Kier alpha value is -0.930. The molecule has 0 unspecified atom stereocenters. The molecule has 0 aliphatic heterocycles. The molecule has 0 radical (unpaired) electrons. The van der Waals surface area contributed by atoms with E-state index in [2.05, 4.69) is 62.0 Å². The number of rotatable bonds is 7. The van der Waals surface area contributed by atoms with E-state index < -0.39 is 0 Å². The van der Waals surface area contributed by atoms with Crippen LogP contribution in [0.15, 0.2) is 18.3 Å². The number of aromatic nitrogens is 1. The lowest BCUT2D eigenvalue weighted by Crippen LogP contribution is -2.35. The summed E-state index contributed by atoms with van der Waals surface area (Å²) in [5.41, 5.74) is 2.56. The minimum Gasteiger partial charge on any atom is -0.308 e. The van der Waals surface area contributed by atoms with Crippen molar-refractivity contribution in [2.45, 2.75) is 59.7 Å². The van der Waals surface area contributed by atoms with Gasteiger partial charge in [0.1, 0.15) is 0 Å². The smallest absolute Gasteiger partial charge is 0.0544 e. The van der Waals surface area contributed by atoms with Gasteiger partial charge in [0.25, 0.3) is 0 Å². The van der Waals surface area contributed by atoms with Crippen molar-refractivity contribution in [1.29, 1.82) is 0 Å². The van der Waals surface area contributed by atoms with Gasteiger partial charge in [0.05, 0.1) is 5.69 Å². The van der Waals surface area contributed by atoms with Gasteiger partial charge in [-0.25, -0.2) is 0 Å². The Balaban J connectivity index is 2.51. The van der Waals surface area contributed by atoms with E-state index in [9.17, 15) is 0 Å². The molecule has 0 saturated heterocycles. The molecule has 3 heteroatoms. The first-order valence-electron chi connectivity index (χ1n) is 7.35. The molecule has 1 rings (SSSR count). The van der Waals surface area contributed by atoms with Crippen LogP contribution in [0.2, 0.25) is 0 Å². The van der Waals surface area contributed by atoms with Gasteiger partial charge in [-0.15, -0.1) is 0 Å². The van der Waals surface area contributed by atoms with Crippen molar-refractivity contribution >= 4 is 0 Å².